The van der Waals surface area contributed by atoms with E-state index in [-0.39, 0.29) is 0 Å². The van der Waals surface area contributed by atoms with Crippen molar-refractivity contribution >= 4 is 6.21 Å². The highest BCUT2D eigenvalue weighted by Crippen LogP contribution is 2.39. The predicted molar refractivity (Wildman–Crippen MR) is 41.5 cm³/mol. The fourth-order valence-electron chi connectivity index (χ4n) is 2.49. The zero-order chi connectivity index (χ0) is 7.14. The van der Waals surface area contributed by atoms with Crippen LogP contribution in [0.25, 0.3) is 0 Å². The topological polar surface area (TPSA) is 27.1 Å². The first kappa shape index (κ1) is 6.35. The van der Waals surface area contributed by atoms with Gasteiger partial charge in [0.2, 0.25) is 0 Å². The molecule has 0 aliphatic carbocycles. The Kier molecular flexibility index (Phi) is 1.31. The van der Waals surface area contributed by atoms with Crippen LogP contribution in [0.5, 0.6) is 0 Å². The molecule has 0 radical (unpaired) electrons. The van der Waals surface area contributed by atoms with E-state index in [1.54, 1.807) is 6.21 Å². The highest BCUT2D eigenvalue weighted by Gasteiger charge is 2.42. The molecule has 2 heterocycles. The number of nitrogens with one attached hydrogen (secondary N) is 1. The number of hydrogen-bond acceptors (Lipinski definition) is 2. The molecule has 0 aromatic rings. The van der Waals surface area contributed by atoms with Gasteiger partial charge in [0.1, 0.15) is 0 Å². The molecule has 0 aromatic heterocycles. The Balaban J connectivity index is 2.15. The van der Waals surface area contributed by atoms with E-state index < -0.39 is 0 Å². The molecule has 3 atom stereocenters. The molecule has 0 amide bonds. The largest absolute Gasteiger partial charge is 0.313 e. The molecule has 2 saturated heterocycles. The summed E-state index contributed by atoms with van der Waals surface area (Å²) in [5.41, 5.74) is 0. The lowest BCUT2D eigenvalue weighted by molar-refractivity contribution is 0.307. The van der Waals surface area contributed by atoms with Crippen LogP contribution in [0.1, 0.15) is 19.3 Å². The minimum absolute atomic E-state index is 0.573. The molecule has 2 heteroatoms. The zero-order valence-electron chi connectivity index (χ0n) is 6.38. The Morgan fingerprint density at radius 2 is 2.30 bits per heavy atom. The molecule has 2 nitrogen and oxygen atoms in total. The lowest BCUT2D eigenvalue weighted by Gasteiger charge is -2.16. The first-order chi connectivity index (χ1) is 4.83. The maximum absolute atomic E-state index is 7.19. The monoisotopic (exact) mass is 138 g/mol. The summed E-state index contributed by atoms with van der Waals surface area (Å²) in [7, 11) is 2.20. The maximum atomic E-state index is 7.19. The first-order valence-electron chi connectivity index (χ1n) is 4.05. The average Bonchev–Trinajstić information content (AvgIpc) is 2.46. The summed E-state index contributed by atoms with van der Waals surface area (Å²) in [6.07, 6.45) is 5.57. The third-order valence-electron chi connectivity index (χ3n) is 3.15. The van der Waals surface area contributed by atoms with E-state index in [1.807, 2.05) is 0 Å². The molecule has 56 valence electrons. The van der Waals surface area contributed by atoms with Crippen molar-refractivity contribution in [3.8, 4) is 0 Å². The van der Waals surface area contributed by atoms with Gasteiger partial charge in [0.15, 0.2) is 0 Å². The molecule has 2 rings (SSSR count). The van der Waals surface area contributed by atoms with E-state index in [2.05, 4.69) is 11.9 Å². The van der Waals surface area contributed by atoms with Crippen LogP contribution in [0, 0.1) is 11.3 Å². The van der Waals surface area contributed by atoms with Gasteiger partial charge < -0.3 is 5.41 Å². The van der Waals surface area contributed by atoms with Crippen LogP contribution in [-0.4, -0.2) is 30.2 Å². The van der Waals surface area contributed by atoms with Crippen LogP contribution in [0.2, 0.25) is 0 Å². The summed E-state index contributed by atoms with van der Waals surface area (Å²) in [5.74, 6) is 0.573. The summed E-state index contributed by atoms with van der Waals surface area (Å²) < 4.78 is 0. The van der Waals surface area contributed by atoms with Gasteiger partial charge >= 0.3 is 0 Å². The van der Waals surface area contributed by atoms with Crippen molar-refractivity contribution in [3.63, 3.8) is 0 Å². The van der Waals surface area contributed by atoms with Crippen molar-refractivity contribution < 1.29 is 0 Å². The van der Waals surface area contributed by atoms with E-state index in [4.69, 9.17) is 5.41 Å². The van der Waals surface area contributed by atoms with Gasteiger partial charge in [-0.1, -0.05) is 0 Å². The number of rotatable bonds is 1. The normalized spacial score (nSPS) is 46.3. The Bertz CT molecular complexity index is 155. The highest BCUT2D eigenvalue weighted by atomic mass is 15.2. The predicted octanol–water partition coefficient (Wildman–Crippen LogP) is 1.12. The Labute approximate surface area is 61.7 Å². The first-order valence-corrected chi connectivity index (χ1v) is 4.05. The lowest BCUT2D eigenvalue weighted by atomic mass is 9.90. The summed E-state index contributed by atoms with van der Waals surface area (Å²) >= 11 is 0. The molecule has 1 N–H and O–H groups in total. The second kappa shape index (κ2) is 2.06. The summed E-state index contributed by atoms with van der Waals surface area (Å²) in [4.78, 5) is 2.45. The Hall–Kier alpha value is -0.370. The van der Waals surface area contributed by atoms with Crippen molar-refractivity contribution in [2.75, 3.05) is 7.05 Å². The molecule has 0 saturated carbocycles. The molecule has 0 spiro atoms. The fourth-order valence-corrected chi connectivity index (χ4v) is 2.49. The van der Waals surface area contributed by atoms with Crippen molar-refractivity contribution in [2.24, 2.45) is 5.92 Å². The van der Waals surface area contributed by atoms with E-state index in [9.17, 15) is 0 Å². The molecule has 2 aliphatic rings. The van der Waals surface area contributed by atoms with E-state index in [1.165, 1.54) is 19.3 Å². The van der Waals surface area contributed by atoms with Crippen molar-refractivity contribution in [2.45, 2.75) is 31.3 Å². The summed E-state index contributed by atoms with van der Waals surface area (Å²) in [6.45, 7) is 0. The average molecular weight is 138 g/mol. The second-order valence-corrected chi connectivity index (χ2v) is 3.53. The number of hydrogen-bond donors (Lipinski definition) is 1. The summed E-state index contributed by atoms with van der Waals surface area (Å²) in [6, 6.07) is 1.51. The quantitative estimate of drug-likeness (QED) is 0.540. The zero-order valence-corrected chi connectivity index (χ0v) is 6.38. The molecule has 2 bridgehead atoms. The van der Waals surface area contributed by atoms with Gasteiger partial charge in [0.05, 0.1) is 0 Å². The van der Waals surface area contributed by atoms with Gasteiger partial charge in [-0.2, -0.15) is 0 Å². The van der Waals surface area contributed by atoms with Crippen LogP contribution in [0.3, 0.4) is 0 Å². The van der Waals surface area contributed by atoms with Gasteiger partial charge in [-0.15, -0.1) is 0 Å². The molecule has 0 aromatic carbocycles. The van der Waals surface area contributed by atoms with Crippen LogP contribution in [-0.2, 0) is 0 Å². The van der Waals surface area contributed by atoms with Gasteiger partial charge in [-0.3, -0.25) is 4.90 Å². The van der Waals surface area contributed by atoms with Crippen molar-refractivity contribution in [1.82, 2.24) is 4.90 Å². The van der Waals surface area contributed by atoms with Gasteiger partial charge in [-0.25, -0.2) is 0 Å². The Morgan fingerprint density at radius 3 is 2.60 bits per heavy atom. The van der Waals surface area contributed by atoms with Crippen LogP contribution in [0.15, 0.2) is 0 Å². The van der Waals surface area contributed by atoms with Crippen LogP contribution >= 0.6 is 0 Å². The van der Waals surface area contributed by atoms with Crippen molar-refractivity contribution in [1.29, 1.82) is 5.41 Å². The third-order valence-corrected chi connectivity index (χ3v) is 3.15. The molecule has 2 fully saturated rings. The molecular formula is C8H14N2. The second-order valence-electron chi connectivity index (χ2n) is 3.53. The van der Waals surface area contributed by atoms with E-state index >= 15 is 0 Å². The molecule has 2 aliphatic heterocycles. The maximum Gasteiger partial charge on any atom is 0.0174 e. The standard InChI is InChI=1S/C8H14N2/c1-10-7-2-3-8(10)6(4-7)5-9/h5-9H,2-4H2,1H3/t6-,7-,8+/m0/s1. The minimum atomic E-state index is 0.573. The smallest absolute Gasteiger partial charge is 0.0174 e. The van der Waals surface area contributed by atoms with Crippen molar-refractivity contribution in [3.05, 3.63) is 0 Å². The molecular weight excluding hydrogens is 124 g/mol. The molecule has 0 unspecified atom stereocenters. The van der Waals surface area contributed by atoms with Crippen LogP contribution in [0.4, 0.5) is 0 Å². The molecule has 10 heavy (non-hydrogen) atoms. The number of nitrogens with zero attached hydrogens (tertiary/aromatic N) is 1. The van der Waals surface area contributed by atoms with Gasteiger partial charge in [0.25, 0.3) is 0 Å². The SMILES string of the molecule is CN1[C@H]2CC[C@@H]1[C@H](C=N)C2. The fraction of sp³-hybridized carbons (Fsp3) is 0.875. The minimum Gasteiger partial charge on any atom is -0.313 e. The van der Waals surface area contributed by atoms with E-state index in [0.717, 1.165) is 6.04 Å². The van der Waals surface area contributed by atoms with E-state index in [0.29, 0.717) is 12.0 Å². The lowest BCUT2D eigenvalue weighted by Crippen LogP contribution is -2.26. The number of fused-ring (bicyclic) bond motifs is 2. The Morgan fingerprint density at radius 1 is 1.50 bits per heavy atom. The van der Waals surface area contributed by atoms with Gasteiger partial charge in [0, 0.05) is 18.0 Å². The van der Waals surface area contributed by atoms with Gasteiger partial charge in [-0.05, 0) is 32.5 Å². The highest BCUT2D eigenvalue weighted by molar-refractivity contribution is 5.59. The van der Waals surface area contributed by atoms with Crippen LogP contribution < -0.4 is 0 Å². The summed E-state index contributed by atoms with van der Waals surface area (Å²) in [5, 5.41) is 7.19. The third kappa shape index (κ3) is 0.655.